The van der Waals surface area contributed by atoms with E-state index in [0.717, 1.165) is 25.9 Å². The number of hydrogen-bond donors (Lipinski definition) is 2. The molecular weight excluding hydrogens is 252 g/mol. The van der Waals surface area contributed by atoms with Gasteiger partial charge in [-0.25, -0.2) is 0 Å². The van der Waals surface area contributed by atoms with Gasteiger partial charge >= 0.3 is 0 Å². The van der Waals surface area contributed by atoms with E-state index in [4.69, 9.17) is 10.5 Å². The highest BCUT2D eigenvalue weighted by molar-refractivity contribution is 5.89. The number of hydrogen-bond acceptors (Lipinski definition) is 3. The lowest BCUT2D eigenvalue weighted by Gasteiger charge is -2.65. The summed E-state index contributed by atoms with van der Waals surface area (Å²) in [5.74, 6) is 0.159. The van der Waals surface area contributed by atoms with E-state index in [1.807, 2.05) is 0 Å². The molecule has 4 nitrogen and oxygen atoms in total. The van der Waals surface area contributed by atoms with Gasteiger partial charge in [-0.3, -0.25) is 4.79 Å². The van der Waals surface area contributed by atoms with Crippen LogP contribution in [0.2, 0.25) is 0 Å². The number of amides is 1. The van der Waals surface area contributed by atoms with Crippen LogP contribution >= 0.6 is 0 Å². The Kier molecular flexibility index (Phi) is 3.93. The Balaban J connectivity index is 2.08. The minimum Gasteiger partial charge on any atom is -0.377 e. The van der Waals surface area contributed by atoms with Gasteiger partial charge in [-0.2, -0.15) is 0 Å². The Morgan fingerprint density at radius 2 is 2.10 bits per heavy atom. The van der Waals surface area contributed by atoms with E-state index < -0.39 is 5.54 Å². The van der Waals surface area contributed by atoms with Gasteiger partial charge in [-0.1, -0.05) is 34.6 Å². The normalized spacial score (nSPS) is 35.9. The van der Waals surface area contributed by atoms with Crippen molar-refractivity contribution in [2.24, 2.45) is 22.5 Å². The molecule has 1 heterocycles. The molecule has 2 rings (SSSR count). The van der Waals surface area contributed by atoms with Crippen LogP contribution in [0, 0.1) is 16.7 Å². The second-order valence-electron chi connectivity index (χ2n) is 7.83. The maximum Gasteiger partial charge on any atom is 0.241 e. The summed E-state index contributed by atoms with van der Waals surface area (Å²) in [6.45, 7) is 12.1. The first-order valence-electron chi connectivity index (χ1n) is 7.85. The molecule has 0 aromatic heterocycles. The van der Waals surface area contributed by atoms with Crippen molar-refractivity contribution in [1.82, 2.24) is 5.32 Å². The maximum atomic E-state index is 12.7. The fourth-order valence-electron chi connectivity index (χ4n) is 3.63. The Morgan fingerprint density at radius 1 is 1.45 bits per heavy atom. The summed E-state index contributed by atoms with van der Waals surface area (Å²) >= 11 is 0. The maximum absolute atomic E-state index is 12.7. The van der Waals surface area contributed by atoms with Gasteiger partial charge in [0.1, 0.15) is 5.54 Å². The van der Waals surface area contributed by atoms with Gasteiger partial charge in [0.15, 0.2) is 0 Å². The van der Waals surface area contributed by atoms with Crippen LogP contribution in [0.3, 0.4) is 0 Å². The van der Waals surface area contributed by atoms with E-state index in [2.05, 4.69) is 39.9 Å². The molecule has 1 aliphatic heterocycles. The average Bonchev–Trinajstić information content (AvgIpc) is 2.43. The first-order valence-corrected chi connectivity index (χ1v) is 7.85. The number of ether oxygens (including phenoxy) is 1. The number of fused-ring (bicyclic) bond motifs is 1. The molecule has 1 saturated carbocycles. The monoisotopic (exact) mass is 282 g/mol. The average molecular weight is 282 g/mol. The molecule has 3 unspecified atom stereocenters. The lowest BCUT2D eigenvalue weighted by atomic mass is 9.46. The number of carbonyl (C=O) groups excluding carboxylic acids is 1. The van der Waals surface area contributed by atoms with E-state index in [0.29, 0.717) is 6.54 Å². The van der Waals surface area contributed by atoms with E-state index in [-0.39, 0.29) is 28.8 Å². The molecule has 1 amide bonds. The summed E-state index contributed by atoms with van der Waals surface area (Å²) in [5, 5.41) is 3.09. The van der Waals surface area contributed by atoms with Gasteiger partial charge in [0, 0.05) is 24.5 Å². The quantitative estimate of drug-likeness (QED) is 0.829. The van der Waals surface area contributed by atoms with Crippen LogP contribution in [0.15, 0.2) is 0 Å². The van der Waals surface area contributed by atoms with Crippen molar-refractivity contribution in [2.75, 3.05) is 13.2 Å². The molecule has 0 bridgehead atoms. The predicted molar refractivity (Wildman–Crippen MR) is 80.2 cm³/mol. The first kappa shape index (κ1) is 15.8. The van der Waals surface area contributed by atoms with E-state index in [1.165, 1.54) is 0 Å². The predicted octanol–water partition coefficient (Wildman–Crippen LogP) is 2.07. The van der Waals surface area contributed by atoms with Gasteiger partial charge in [0.2, 0.25) is 5.91 Å². The van der Waals surface area contributed by atoms with Crippen LogP contribution in [0.5, 0.6) is 0 Å². The Hall–Kier alpha value is -0.610. The zero-order valence-electron chi connectivity index (χ0n) is 13.6. The summed E-state index contributed by atoms with van der Waals surface area (Å²) in [5.41, 5.74) is 5.59. The molecule has 4 heteroatoms. The Labute approximate surface area is 122 Å². The highest BCUT2D eigenvalue weighted by atomic mass is 16.5. The zero-order chi connectivity index (χ0) is 15.2. The zero-order valence-corrected chi connectivity index (χ0v) is 13.6. The lowest BCUT2D eigenvalue weighted by Crippen LogP contribution is -2.82. The molecule has 1 aliphatic carbocycles. The smallest absolute Gasteiger partial charge is 0.241 e. The lowest BCUT2D eigenvalue weighted by molar-refractivity contribution is -0.225. The van der Waals surface area contributed by atoms with Crippen LogP contribution in [-0.2, 0) is 9.53 Å². The molecule has 2 fully saturated rings. The molecule has 20 heavy (non-hydrogen) atoms. The molecule has 3 atom stereocenters. The summed E-state index contributed by atoms with van der Waals surface area (Å²) in [6.07, 6.45) is 3.16. The van der Waals surface area contributed by atoms with Crippen LogP contribution in [0.4, 0.5) is 0 Å². The summed E-state index contributed by atoms with van der Waals surface area (Å²) < 4.78 is 5.84. The van der Waals surface area contributed by atoms with Crippen LogP contribution in [0.1, 0.15) is 53.9 Å². The molecular formula is C16H30N2O2. The van der Waals surface area contributed by atoms with Crippen molar-refractivity contribution >= 4 is 5.91 Å². The largest absolute Gasteiger partial charge is 0.377 e. The third-order valence-corrected chi connectivity index (χ3v) is 5.74. The van der Waals surface area contributed by atoms with Gasteiger partial charge in [0.05, 0.1) is 6.10 Å². The Bertz CT molecular complexity index is 392. The van der Waals surface area contributed by atoms with E-state index in [9.17, 15) is 4.79 Å². The summed E-state index contributed by atoms with van der Waals surface area (Å²) in [4.78, 5) is 12.7. The molecule has 0 spiro atoms. The minimum absolute atomic E-state index is 0.00391. The van der Waals surface area contributed by atoms with E-state index >= 15 is 0 Å². The third-order valence-electron chi connectivity index (χ3n) is 5.74. The van der Waals surface area contributed by atoms with Crippen molar-refractivity contribution in [1.29, 1.82) is 0 Å². The van der Waals surface area contributed by atoms with Crippen LogP contribution in [0.25, 0.3) is 0 Å². The van der Waals surface area contributed by atoms with Crippen LogP contribution < -0.4 is 11.1 Å². The van der Waals surface area contributed by atoms with Crippen molar-refractivity contribution < 1.29 is 9.53 Å². The number of carbonyl (C=O) groups is 1. The fraction of sp³-hybridized carbons (Fsp3) is 0.938. The number of rotatable bonds is 4. The second-order valence-corrected chi connectivity index (χ2v) is 7.83. The van der Waals surface area contributed by atoms with Crippen LogP contribution in [-0.4, -0.2) is 30.7 Å². The molecule has 3 N–H and O–H groups in total. The minimum atomic E-state index is -0.790. The third kappa shape index (κ3) is 2.17. The van der Waals surface area contributed by atoms with Crippen molar-refractivity contribution in [3.8, 4) is 0 Å². The van der Waals surface area contributed by atoms with Gasteiger partial charge in [0.25, 0.3) is 0 Å². The van der Waals surface area contributed by atoms with Crippen molar-refractivity contribution in [2.45, 2.75) is 65.5 Å². The molecule has 116 valence electrons. The molecule has 0 aromatic rings. The number of nitrogens with one attached hydrogen (secondary N) is 1. The number of nitrogens with two attached hydrogens (primary N) is 1. The summed E-state index contributed by atoms with van der Waals surface area (Å²) in [7, 11) is 0. The second kappa shape index (κ2) is 4.99. The topological polar surface area (TPSA) is 64.4 Å². The molecule has 0 radical (unpaired) electrons. The van der Waals surface area contributed by atoms with E-state index in [1.54, 1.807) is 0 Å². The fourth-order valence-corrected chi connectivity index (χ4v) is 3.63. The SMILES string of the molecule is CCC(C)(C)CNC(=O)C1(N)C2CCCOC2C1(C)C. The molecule has 0 aromatic carbocycles. The Morgan fingerprint density at radius 3 is 2.70 bits per heavy atom. The van der Waals surface area contributed by atoms with Gasteiger partial charge < -0.3 is 15.8 Å². The van der Waals surface area contributed by atoms with Crippen molar-refractivity contribution in [3.05, 3.63) is 0 Å². The first-order chi connectivity index (χ1) is 9.17. The summed E-state index contributed by atoms with van der Waals surface area (Å²) in [6, 6.07) is 0. The highest BCUT2D eigenvalue weighted by Gasteiger charge is 2.70. The standard InChI is InChI=1S/C16H30N2O2/c1-6-14(2,3)10-18-13(19)16(17)11-8-7-9-20-12(11)15(16,4)5/h11-12H,6-10,17H2,1-5H3,(H,18,19). The van der Waals surface area contributed by atoms with Crippen molar-refractivity contribution in [3.63, 3.8) is 0 Å². The van der Waals surface area contributed by atoms with Gasteiger partial charge in [-0.05, 0) is 24.7 Å². The highest BCUT2D eigenvalue weighted by Crippen LogP contribution is 2.57. The molecule has 1 saturated heterocycles. The van der Waals surface area contributed by atoms with Gasteiger partial charge in [-0.15, -0.1) is 0 Å². The molecule has 2 aliphatic rings.